The first-order valence-electron chi connectivity index (χ1n) is 10.2. The Labute approximate surface area is 171 Å². The second-order valence-corrected chi connectivity index (χ2v) is 7.85. The minimum Gasteiger partial charge on any atom is -0.351 e. The first-order valence-corrected chi connectivity index (χ1v) is 10.2. The van der Waals surface area contributed by atoms with Gasteiger partial charge < -0.3 is 19.5 Å². The number of carbonyl (C=O) groups is 2. The van der Waals surface area contributed by atoms with Gasteiger partial charge in [0.25, 0.3) is 0 Å². The number of rotatable bonds is 7. The van der Waals surface area contributed by atoms with Crippen molar-refractivity contribution in [2.24, 2.45) is 0 Å². The predicted molar refractivity (Wildman–Crippen MR) is 113 cm³/mol. The summed E-state index contributed by atoms with van der Waals surface area (Å²) in [7, 11) is 3.80. The molecule has 1 aliphatic carbocycles. The van der Waals surface area contributed by atoms with Gasteiger partial charge in [0.15, 0.2) is 5.82 Å². The van der Waals surface area contributed by atoms with Gasteiger partial charge in [-0.25, -0.2) is 4.98 Å². The molecule has 29 heavy (non-hydrogen) atoms. The molecule has 1 saturated carbocycles. The Hall–Kier alpha value is -2.96. The fraction of sp³-hybridized carbons (Fsp3) is 0.455. The Morgan fingerprint density at radius 2 is 2.07 bits per heavy atom. The molecule has 4 rings (SSSR count). The first kappa shape index (κ1) is 19.4. The maximum atomic E-state index is 12.7. The number of hydrogen-bond acceptors (Lipinski definition) is 6. The highest BCUT2D eigenvalue weighted by molar-refractivity contribution is 6.04. The quantitative estimate of drug-likeness (QED) is 0.674. The third kappa shape index (κ3) is 3.57. The summed E-state index contributed by atoms with van der Waals surface area (Å²) in [4.78, 5) is 39.1. The lowest BCUT2D eigenvalue weighted by atomic mass is 10.1. The minimum absolute atomic E-state index is 0.0540. The average Bonchev–Trinajstić information content (AvgIpc) is 3.58. The second-order valence-electron chi connectivity index (χ2n) is 7.85. The highest BCUT2D eigenvalue weighted by atomic mass is 16.2. The van der Waals surface area contributed by atoms with E-state index in [1.54, 1.807) is 11.1 Å². The number of carbonyl (C=O) groups excluding carboxylic acids is 2. The third-order valence-electron chi connectivity index (χ3n) is 5.91. The maximum absolute atomic E-state index is 12.7. The van der Waals surface area contributed by atoms with E-state index in [4.69, 9.17) is 4.98 Å². The smallest absolute Gasteiger partial charge is 0.249 e. The molecule has 2 aliphatic rings. The van der Waals surface area contributed by atoms with Gasteiger partial charge in [-0.05, 0) is 50.5 Å². The molecule has 3 heterocycles. The van der Waals surface area contributed by atoms with Gasteiger partial charge in [0.1, 0.15) is 18.1 Å². The van der Waals surface area contributed by atoms with Gasteiger partial charge in [-0.1, -0.05) is 6.07 Å². The number of aldehydes is 1. The highest BCUT2D eigenvalue weighted by Crippen LogP contribution is 2.42. The zero-order valence-corrected chi connectivity index (χ0v) is 17.2. The van der Waals surface area contributed by atoms with Gasteiger partial charge in [0.05, 0.1) is 17.4 Å². The summed E-state index contributed by atoms with van der Waals surface area (Å²) < 4.78 is 0. The third-order valence-corrected chi connectivity index (χ3v) is 5.91. The lowest BCUT2D eigenvalue weighted by Gasteiger charge is -2.40. The average molecular weight is 393 g/mol. The zero-order valence-electron chi connectivity index (χ0n) is 17.2. The van der Waals surface area contributed by atoms with Gasteiger partial charge in [0, 0.05) is 32.8 Å². The molecule has 0 aromatic carbocycles. The molecule has 1 aliphatic heterocycles. The number of nitrogens with zero attached hydrogens (tertiary/aromatic N) is 5. The molecule has 2 aromatic heterocycles. The van der Waals surface area contributed by atoms with Crippen LogP contribution < -0.4 is 14.7 Å². The van der Waals surface area contributed by atoms with Crippen LogP contribution in [0.3, 0.4) is 0 Å². The Morgan fingerprint density at radius 1 is 1.28 bits per heavy atom. The summed E-state index contributed by atoms with van der Waals surface area (Å²) in [6, 6.07) is 9.87. The van der Waals surface area contributed by atoms with E-state index in [0.717, 1.165) is 42.1 Å². The standard InChI is InChI=1S/C22H27N5O2/c1-15-22(29)26(3)19-11-12-20(24-21(19)27(15)16-9-10-16)25(2)18(8-6-14-28)17-7-4-5-13-23-17/h4-5,7,11-16,18H,6,8-10H2,1-3H3. The van der Waals surface area contributed by atoms with Crippen molar-refractivity contribution < 1.29 is 9.59 Å². The van der Waals surface area contributed by atoms with E-state index >= 15 is 0 Å². The predicted octanol–water partition coefficient (Wildman–Crippen LogP) is 2.97. The fourth-order valence-electron chi connectivity index (χ4n) is 4.12. The van der Waals surface area contributed by atoms with Crippen molar-refractivity contribution in [1.29, 1.82) is 0 Å². The van der Waals surface area contributed by atoms with Gasteiger partial charge >= 0.3 is 0 Å². The summed E-state index contributed by atoms with van der Waals surface area (Å²) in [5, 5.41) is 0. The summed E-state index contributed by atoms with van der Waals surface area (Å²) >= 11 is 0. The van der Waals surface area contributed by atoms with Gasteiger partial charge in [0.2, 0.25) is 5.91 Å². The molecule has 0 bridgehead atoms. The molecule has 1 fully saturated rings. The van der Waals surface area contributed by atoms with Crippen molar-refractivity contribution >= 4 is 29.5 Å². The maximum Gasteiger partial charge on any atom is 0.249 e. The Bertz CT molecular complexity index is 899. The van der Waals surface area contributed by atoms with Crippen molar-refractivity contribution in [2.45, 2.75) is 50.7 Å². The molecule has 152 valence electrons. The van der Waals surface area contributed by atoms with E-state index in [2.05, 4.69) is 14.8 Å². The fourth-order valence-corrected chi connectivity index (χ4v) is 4.12. The minimum atomic E-state index is -0.213. The van der Waals surface area contributed by atoms with Crippen LogP contribution in [0.5, 0.6) is 0 Å². The normalized spacial score (nSPS) is 19.7. The van der Waals surface area contributed by atoms with Crippen LogP contribution in [0, 0.1) is 0 Å². The molecular weight excluding hydrogens is 366 g/mol. The van der Waals surface area contributed by atoms with Crippen LogP contribution in [0.1, 0.15) is 44.3 Å². The number of fused-ring (bicyclic) bond motifs is 1. The lowest BCUT2D eigenvalue weighted by molar-refractivity contribution is -0.119. The number of aromatic nitrogens is 2. The Balaban J connectivity index is 1.71. The number of amides is 1. The van der Waals surface area contributed by atoms with Crippen molar-refractivity contribution in [3.8, 4) is 0 Å². The summed E-state index contributed by atoms with van der Waals surface area (Å²) in [5.41, 5.74) is 1.76. The lowest BCUT2D eigenvalue weighted by Crippen LogP contribution is -2.52. The van der Waals surface area contributed by atoms with E-state index in [9.17, 15) is 9.59 Å². The number of likely N-dealkylation sites (N-methyl/N-ethyl adjacent to an activating group) is 1. The Morgan fingerprint density at radius 3 is 2.72 bits per heavy atom. The molecule has 0 saturated heterocycles. The molecule has 1 amide bonds. The van der Waals surface area contributed by atoms with Crippen molar-refractivity contribution in [1.82, 2.24) is 9.97 Å². The molecule has 2 atom stereocenters. The topological polar surface area (TPSA) is 69.6 Å². The second kappa shape index (κ2) is 7.81. The molecule has 2 aromatic rings. The molecule has 7 heteroatoms. The molecule has 0 radical (unpaired) electrons. The monoisotopic (exact) mass is 393 g/mol. The van der Waals surface area contributed by atoms with Gasteiger partial charge in [-0.2, -0.15) is 0 Å². The highest BCUT2D eigenvalue weighted by Gasteiger charge is 2.42. The summed E-state index contributed by atoms with van der Waals surface area (Å²) in [6.07, 6.45) is 6.03. The molecule has 0 N–H and O–H groups in total. The number of pyridine rings is 2. The van der Waals surface area contributed by atoms with E-state index in [1.165, 1.54) is 0 Å². The van der Waals surface area contributed by atoms with Crippen molar-refractivity contribution in [3.05, 3.63) is 42.2 Å². The molecule has 2 unspecified atom stereocenters. The molecule has 7 nitrogen and oxygen atoms in total. The zero-order chi connectivity index (χ0) is 20.5. The summed E-state index contributed by atoms with van der Waals surface area (Å²) in [5.74, 6) is 1.78. The number of anilines is 3. The molecule has 0 spiro atoms. The largest absolute Gasteiger partial charge is 0.351 e. The van der Waals surface area contributed by atoms with E-state index < -0.39 is 0 Å². The van der Waals surface area contributed by atoms with Crippen molar-refractivity contribution in [3.63, 3.8) is 0 Å². The summed E-state index contributed by atoms with van der Waals surface area (Å²) in [6.45, 7) is 1.96. The van der Waals surface area contributed by atoms with Crippen molar-refractivity contribution in [2.75, 3.05) is 28.8 Å². The van der Waals surface area contributed by atoms with Gasteiger partial charge in [-0.15, -0.1) is 0 Å². The van der Waals surface area contributed by atoms with Gasteiger partial charge in [-0.3, -0.25) is 9.78 Å². The van der Waals surface area contributed by atoms with Crippen LogP contribution in [-0.2, 0) is 9.59 Å². The van der Waals surface area contributed by atoms with Crippen LogP contribution in [0.2, 0.25) is 0 Å². The Kier molecular flexibility index (Phi) is 5.22. The van der Waals surface area contributed by atoms with Crippen LogP contribution >= 0.6 is 0 Å². The van der Waals surface area contributed by atoms with E-state index in [-0.39, 0.29) is 18.0 Å². The van der Waals surface area contributed by atoms with Crippen LogP contribution in [0.15, 0.2) is 36.5 Å². The SMILES string of the molecule is CC1C(=O)N(C)c2ccc(N(C)C(CCC=O)c3ccccn3)nc2N1C1CC1. The number of hydrogen-bond donors (Lipinski definition) is 0. The van der Waals surface area contributed by atoms with E-state index in [0.29, 0.717) is 18.9 Å². The van der Waals surface area contributed by atoms with Crippen LogP contribution in [0.4, 0.5) is 17.3 Å². The first-order chi connectivity index (χ1) is 14.0. The van der Waals surface area contributed by atoms with E-state index in [1.807, 2.05) is 51.4 Å². The molecular formula is C22H27N5O2. The van der Waals surface area contributed by atoms with Crippen LogP contribution in [0.25, 0.3) is 0 Å². The van der Waals surface area contributed by atoms with Crippen LogP contribution in [-0.4, -0.2) is 48.3 Å².